The second-order valence-corrected chi connectivity index (χ2v) is 8.79. The Kier molecular flexibility index (Phi) is 5.00. The summed E-state index contributed by atoms with van der Waals surface area (Å²) in [7, 11) is -3.43. The van der Waals surface area contributed by atoms with Crippen LogP contribution >= 0.6 is 0 Å². The van der Waals surface area contributed by atoms with Crippen molar-refractivity contribution in [2.45, 2.75) is 35.4 Å². The normalized spacial score (nSPS) is 18.0. The molecule has 1 aliphatic rings. The van der Waals surface area contributed by atoms with Gasteiger partial charge in [0.15, 0.2) is 9.84 Å². The third-order valence-electron chi connectivity index (χ3n) is 4.83. The number of alkyl halides is 6. The molecule has 0 saturated carbocycles. The van der Waals surface area contributed by atoms with Crippen molar-refractivity contribution in [1.82, 2.24) is 5.32 Å². The molecule has 0 aliphatic carbocycles. The fourth-order valence-electron chi connectivity index (χ4n) is 3.27. The Balaban J connectivity index is 1.97. The van der Waals surface area contributed by atoms with Crippen LogP contribution < -0.4 is 5.32 Å². The van der Waals surface area contributed by atoms with Gasteiger partial charge in [-0.1, -0.05) is 30.3 Å². The molecule has 0 saturated heterocycles. The van der Waals surface area contributed by atoms with E-state index in [0.717, 1.165) is 18.4 Å². The summed E-state index contributed by atoms with van der Waals surface area (Å²) in [5.41, 5.74) is -4.64. The maximum absolute atomic E-state index is 13.0. The molecule has 0 bridgehead atoms. The maximum Gasteiger partial charge on any atom is 0.430 e. The number of benzene rings is 2. The van der Waals surface area contributed by atoms with Crippen LogP contribution in [-0.2, 0) is 22.0 Å². The van der Waals surface area contributed by atoms with Gasteiger partial charge in [-0.05, 0) is 28.8 Å². The number of halogens is 6. The minimum absolute atomic E-state index is 0.106. The van der Waals surface area contributed by atoms with E-state index in [4.69, 9.17) is 0 Å². The van der Waals surface area contributed by atoms with E-state index < -0.39 is 39.4 Å². The highest BCUT2D eigenvalue weighted by Gasteiger charge is 2.71. The molecular weight excluding hydrogens is 424 g/mol. The van der Waals surface area contributed by atoms with E-state index in [2.05, 4.69) is 5.32 Å². The minimum atomic E-state index is -5.95. The van der Waals surface area contributed by atoms with E-state index in [1.807, 2.05) is 0 Å². The molecule has 2 N–H and O–H groups in total. The van der Waals surface area contributed by atoms with Crippen molar-refractivity contribution in [3.63, 3.8) is 0 Å². The zero-order chi connectivity index (χ0) is 21.8. The van der Waals surface area contributed by atoms with Crippen molar-refractivity contribution in [3.05, 3.63) is 64.7 Å². The van der Waals surface area contributed by atoms with Gasteiger partial charge in [0.2, 0.25) is 0 Å². The molecule has 4 nitrogen and oxygen atoms in total. The first-order chi connectivity index (χ1) is 13.2. The molecule has 0 amide bonds. The van der Waals surface area contributed by atoms with E-state index in [0.29, 0.717) is 28.8 Å². The topological polar surface area (TPSA) is 66.4 Å². The largest absolute Gasteiger partial charge is 0.430 e. The van der Waals surface area contributed by atoms with E-state index in [1.54, 1.807) is 6.07 Å². The van der Waals surface area contributed by atoms with Crippen molar-refractivity contribution >= 4 is 9.84 Å². The number of hydrogen-bond acceptors (Lipinski definition) is 4. The Morgan fingerprint density at radius 1 is 0.966 bits per heavy atom. The summed E-state index contributed by atoms with van der Waals surface area (Å²) in [5, 5.41) is 12.5. The lowest BCUT2D eigenvalue weighted by molar-refractivity contribution is -0.376. The van der Waals surface area contributed by atoms with Gasteiger partial charge >= 0.3 is 12.4 Å². The molecule has 1 heterocycles. The number of rotatable bonds is 3. The Labute approximate surface area is 162 Å². The Hall–Kier alpha value is -2.11. The van der Waals surface area contributed by atoms with Crippen LogP contribution in [0.5, 0.6) is 0 Å². The van der Waals surface area contributed by atoms with Crippen molar-refractivity contribution in [2.75, 3.05) is 6.26 Å². The molecule has 11 heteroatoms. The van der Waals surface area contributed by atoms with Gasteiger partial charge in [0.25, 0.3) is 5.60 Å². The first-order valence-electron chi connectivity index (χ1n) is 8.19. The predicted molar refractivity (Wildman–Crippen MR) is 90.7 cm³/mol. The summed E-state index contributed by atoms with van der Waals surface area (Å²) in [6, 6.07) is 7.15. The molecule has 2 aromatic rings. The highest BCUT2D eigenvalue weighted by molar-refractivity contribution is 7.90. The van der Waals surface area contributed by atoms with Gasteiger partial charge in [-0.15, -0.1) is 0 Å². The van der Waals surface area contributed by atoms with Crippen molar-refractivity contribution < 1.29 is 39.9 Å². The van der Waals surface area contributed by atoms with Crippen LogP contribution in [0.25, 0.3) is 0 Å². The highest BCUT2D eigenvalue weighted by atomic mass is 32.2. The average Bonchev–Trinajstić information content (AvgIpc) is 3.01. The molecule has 1 atom stereocenters. The summed E-state index contributed by atoms with van der Waals surface area (Å²) < 4.78 is 101. The molecule has 0 radical (unpaired) electrons. The van der Waals surface area contributed by atoms with Gasteiger partial charge in [0, 0.05) is 18.4 Å². The fraction of sp³-hybridized carbons (Fsp3) is 0.333. The van der Waals surface area contributed by atoms with Crippen molar-refractivity contribution in [2.24, 2.45) is 0 Å². The third kappa shape index (κ3) is 3.62. The predicted octanol–water partition coefficient (Wildman–Crippen LogP) is 3.59. The van der Waals surface area contributed by atoms with Gasteiger partial charge in [-0.3, -0.25) is 0 Å². The third-order valence-corrected chi connectivity index (χ3v) is 5.94. The molecule has 158 valence electrons. The van der Waals surface area contributed by atoms with Gasteiger partial charge in [0.05, 0.1) is 10.9 Å². The number of sulfone groups is 1. The summed E-state index contributed by atoms with van der Waals surface area (Å²) in [4.78, 5) is 0.106. The fourth-order valence-corrected chi connectivity index (χ4v) is 3.94. The first-order valence-corrected chi connectivity index (χ1v) is 10.1. The first kappa shape index (κ1) is 21.6. The quantitative estimate of drug-likeness (QED) is 0.718. The Bertz CT molecular complexity index is 1020. The zero-order valence-electron chi connectivity index (χ0n) is 14.8. The van der Waals surface area contributed by atoms with E-state index >= 15 is 0 Å². The molecule has 0 spiro atoms. The van der Waals surface area contributed by atoms with Crippen LogP contribution in [0.1, 0.15) is 28.3 Å². The summed E-state index contributed by atoms with van der Waals surface area (Å²) in [6.07, 6.45) is -10.9. The second-order valence-electron chi connectivity index (χ2n) is 6.77. The molecule has 3 rings (SSSR count). The van der Waals surface area contributed by atoms with Gasteiger partial charge in [0.1, 0.15) is 0 Å². The molecule has 2 aromatic carbocycles. The smallest absolute Gasteiger partial charge is 0.369 e. The number of hydrogen-bond donors (Lipinski definition) is 2. The number of fused-ring (bicyclic) bond motifs is 1. The molecule has 1 unspecified atom stereocenters. The van der Waals surface area contributed by atoms with Crippen LogP contribution in [0.2, 0.25) is 0 Å². The molecule has 29 heavy (non-hydrogen) atoms. The van der Waals surface area contributed by atoms with Gasteiger partial charge < -0.3 is 10.4 Å². The minimum Gasteiger partial charge on any atom is -0.369 e. The van der Waals surface area contributed by atoms with Crippen molar-refractivity contribution in [1.29, 1.82) is 0 Å². The molecule has 0 fully saturated rings. The van der Waals surface area contributed by atoms with Crippen LogP contribution in [0, 0.1) is 0 Å². The van der Waals surface area contributed by atoms with Gasteiger partial charge in [-0.25, -0.2) is 8.42 Å². The molecular formula is C18H15F6NO3S. The summed E-state index contributed by atoms with van der Waals surface area (Å²) in [5.74, 6) is 0. The average molecular weight is 439 g/mol. The summed E-state index contributed by atoms with van der Waals surface area (Å²) in [6.45, 7) is 0.278. The van der Waals surface area contributed by atoms with Gasteiger partial charge in [-0.2, -0.15) is 26.3 Å². The summed E-state index contributed by atoms with van der Waals surface area (Å²) >= 11 is 0. The SMILES string of the molecule is CS(=O)(=O)c1ccc2c(c1)CNC2c1ccc(C(O)(C(F)(F)F)C(F)(F)F)cc1. The lowest BCUT2D eigenvalue weighted by Gasteiger charge is -2.32. The van der Waals surface area contributed by atoms with Crippen molar-refractivity contribution in [3.8, 4) is 0 Å². The molecule has 0 aromatic heterocycles. The maximum atomic E-state index is 13.0. The lowest BCUT2D eigenvalue weighted by Crippen LogP contribution is -2.53. The lowest BCUT2D eigenvalue weighted by atomic mass is 9.90. The molecule has 1 aliphatic heterocycles. The Morgan fingerprint density at radius 3 is 2.00 bits per heavy atom. The second kappa shape index (κ2) is 6.71. The van der Waals surface area contributed by atoms with Crippen LogP contribution in [0.4, 0.5) is 26.3 Å². The number of aliphatic hydroxyl groups is 1. The Morgan fingerprint density at radius 2 is 1.52 bits per heavy atom. The zero-order valence-corrected chi connectivity index (χ0v) is 15.6. The van der Waals surface area contributed by atoms with E-state index in [-0.39, 0.29) is 11.4 Å². The van der Waals surface area contributed by atoms with E-state index in [1.165, 1.54) is 12.1 Å². The van der Waals surface area contributed by atoms with Crippen LogP contribution in [0.3, 0.4) is 0 Å². The van der Waals surface area contributed by atoms with Crippen LogP contribution in [0.15, 0.2) is 47.4 Å². The van der Waals surface area contributed by atoms with Crippen LogP contribution in [-0.4, -0.2) is 32.1 Å². The standard InChI is InChI=1S/C18H15F6NO3S/c1-29(27,28)13-6-7-14-11(8-13)9-25-15(14)10-2-4-12(5-3-10)16(26,17(19,20)21)18(22,23)24/h2-8,15,25-26H,9H2,1H3. The highest BCUT2D eigenvalue weighted by Crippen LogP contribution is 2.50. The number of nitrogens with one attached hydrogen (secondary N) is 1. The monoisotopic (exact) mass is 439 g/mol. The van der Waals surface area contributed by atoms with E-state index in [9.17, 15) is 39.9 Å².